The number of carbonyl (C=O) groups excluding carboxylic acids is 1. The second-order valence-electron chi connectivity index (χ2n) is 6.83. The average Bonchev–Trinajstić information content (AvgIpc) is 3.03. The maximum Gasteiger partial charge on any atom is 0.257 e. The van der Waals surface area contributed by atoms with Crippen molar-refractivity contribution in [2.45, 2.75) is 13.8 Å². The fourth-order valence-electron chi connectivity index (χ4n) is 3.69. The van der Waals surface area contributed by atoms with E-state index in [-0.39, 0.29) is 5.91 Å². The summed E-state index contributed by atoms with van der Waals surface area (Å²) in [6.07, 6.45) is 3.86. The summed E-state index contributed by atoms with van der Waals surface area (Å²) in [6, 6.07) is 14.1. The first kappa shape index (κ1) is 17.3. The second-order valence-corrected chi connectivity index (χ2v) is 6.83. The molecule has 27 heavy (non-hydrogen) atoms. The summed E-state index contributed by atoms with van der Waals surface area (Å²) >= 11 is 0. The van der Waals surface area contributed by atoms with Gasteiger partial charge in [-0.15, -0.1) is 0 Å². The number of anilines is 1. The molecule has 0 aliphatic carbocycles. The minimum Gasteiger partial charge on any atom is -0.368 e. The van der Waals surface area contributed by atoms with E-state index in [9.17, 15) is 4.79 Å². The van der Waals surface area contributed by atoms with Crippen molar-refractivity contribution in [3.63, 3.8) is 0 Å². The van der Waals surface area contributed by atoms with Crippen LogP contribution in [-0.4, -0.2) is 46.8 Å². The number of aryl methyl sites for hydroxylation is 1. The van der Waals surface area contributed by atoms with Gasteiger partial charge in [-0.25, -0.2) is 9.67 Å². The Labute approximate surface area is 159 Å². The quantitative estimate of drug-likeness (QED) is 0.718. The number of hydrogen-bond acceptors (Lipinski definition) is 3. The van der Waals surface area contributed by atoms with Crippen molar-refractivity contribution < 1.29 is 9.78 Å². The van der Waals surface area contributed by atoms with E-state index in [1.54, 1.807) is 0 Å². The first-order chi connectivity index (χ1) is 13.1. The van der Waals surface area contributed by atoms with Crippen molar-refractivity contribution >= 4 is 11.6 Å². The highest BCUT2D eigenvalue weighted by molar-refractivity contribution is 5.96. The fourth-order valence-corrected chi connectivity index (χ4v) is 3.69. The molecule has 6 heteroatoms. The number of benzene rings is 1. The maximum atomic E-state index is 13.2. The molecule has 0 spiro atoms. The molecule has 0 radical (unpaired) electrons. The Morgan fingerprint density at radius 2 is 1.59 bits per heavy atom. The number of aromatic amines is 1. The zero-order valence-corrected chi connectivity index (χ0v) is 15.7. The van der Waals surface area contributed by atoms with E-state index < -0.39 is 0 Å². The first-order valence-electron chi connectivity index (χ1n) is 9.27. The molecule has 3 heterocycles. The van der Waals surface area contributed by atoms with Crippen molar-refractivity contribution in [2.75, 3.05) is 31.1 Å². The van der Waals surface area contributed by atoms with Crippen molar-refractivity contribution in [1.29, 1.82) is 0 Å². The van der Waals surface area contributed by atoms with Gasteiger partial charge in [0.15, 0.2) is 12.4 Å². The van der Waals surface area contributed by atoms with Crippen molar-refractivity contribution in [3.05, 3.63) is 71.8 Å². The molecule has 0 saturated carbocycles. The lowest BCUT2D eigenvalue weighted by Crippen LogP contribution is -2.49. The summed E-state index contributed by atoms with van der Waals surface area (Å²) in [5, 5.41) is 4.61. The molecule has 0 unspecified atom stereocenters. The number of rotatable bonds is 3. The van der Waals surface area contributed by atoms with Crippen LogP contribution in [0.1, 0.15) is 21.7 Å². The third-order valence-electron chi connectivity index (χ3n) is 5.14. The summed E-state index contributed by atoms with van der Waals surface area (Å²) < 4.78 is 1.86. The molecule has 1 aliphatic rings. The molecule has 1 amide bonds. The summed E-state index contributed by atoms with van der Waals surface area (Å²) in [7, 11) is 0. The molecule has 1 aromatic carbocycles. The van der Waals surface area contributed by atoms with Gasteiger partial charge in [-0.2, -0.15) is 5.10 Å². The predicted molar refractivity (Wildman–Crippen MR) is 104 cm³/mol. The van der Waals surface area contributed by atoms with Crippen LogP contribution in [0.25, 0.3) is 5.69 Å². The van der Waals surface area contributed by atoms with E-state index in [2.05, 4.69) is 27.1 Å². The minimum atomic E-state index is 0.0771. The number of pyridine rings is 1. The molecule has 138 valence electrons. The van der Waals surface area contributed by atoms with E-state index in [4.69, 9.17) is 0 Å². The van der Waals surface area contributed by atoms with Crippen LogP contribution in [0.5, 0.6) is 0 Å². The topological polar surface area (TPSA) is 55.5 Å². The standard InChI is InChI=1S/C21H23N5O/c1-16-20(17(2)26(23-16)19-6-4-3-5-7-19)21(27)25-14-12-24(13-15-25)18-8-10-22-11-9-18/h3-11H,12-15H2,1-2H3/p+1. The molecule has 3 aromatic rings. The molecule has 1 saturated heterocycles. The number of para-hydroxylation sites is 1. The van der Waals surface area contributed by atoms with Gasteiger partial charge in [0.1, 0.15) is 0 Å². The predicted octanol–water partition coefficient (Wildman–Crippen LogP) is 2.27. The van der Waals surface area contributed by atoms with Gasteiger partial charge < -0.3 is 9.80 Å². The summed E-state index contributed by atoms with van der Waals surface area (Å²) in [4.78, 5) is 20.5. The van der Waals surface area contributed by atoms with Crippen molar-refractivity contribution in [2.24, 2.45) is 0 Å². The second kappa shape index (κ2) is 7.23. The lowest BCUT2D eigenvalue weighted by Gasteiger charge is -2.35. The average molecular weight is 362 g/mol. The Hall–Kier alpha value is -3.15. The first-order valence-corrected chi connectivity index (χ1v) is 9.27. The highest BCUT2D eigenvalue weighted by Gasteiger charge is 2.27. The fraction of sp³-hybridized carbons (Fsp3) is 0.286. The number of nitrogens with zero attached hydrogens (tertiary/aromatic N) is 4. The van der Waals surface area contributed by atoms with Crippen LogP contribution in [0, 0.1) is 13.8 Å². The molecule has 6 nitrogen and oxygen atoms in total. The zero-order valence-electron chi connectivity index (χ0n) is 15.7. The lowest BCUT2D eigenvalue weighted by molar-refractivity contribution is -0.377. The summed E-state index contributed by atoms with van der Waals surface area (Å²) in [5.74, 6) is 0.0771. The highest BCUT2D eigenvalue weighted by Crippen LogP contribution is 2.21. The van der Waals surface area contributed by atoms with Crippen LogP contribution in [0.4, 0.5) is 5.69 Å². The third-order valence-corrected chi connectivity index (χ3v) is 5.14. The highest BCUT2D eigenvalue weighted by atomic mass is 16.2. The van der Waals surface area contributed by atoms with Crippen molar-refractivity contribution in [3.8, 4) is 5.69 Å². The molecular weight excluding hydrogens is 338 g/mol. The Morgan fingerprint density at radius 1 is 0.926 bits per heavy atom. The Morgan fingerprint density at radius 3 is 2.26 bits per heavy atom. The largest absolute Gasteiger partial charge is 0.368 e. The number of H-pyrrole nitrogens is 1. The minimum absolute atomic E-state index is 0.0771. The van der Waals surface area contributed by atoms with Crippen LogP contribution in [-0.2, 0) is 0 Å². The van der Waals surface area contributed by atoms with Crippen LogP contribution < -0.4 is 9.88 Å². The smallest absolute Gasteiger partial charge is 0.257 e. The monoisotopic (exact) mass is 362 g/mol. The molecule has 0 bridgehead atoms. The third kappa shape index (κ3) is 3.30. The van der Waals surface area contributed by atoms with Crippen LogP contribution in [0.15, 0.2) is 54.9 Å². The lowest BCUT2D eigenvalue weighted by atomic mass is 10.1. The van der Waals surface area contributed by atoms with E-state index in [0.717, 1.165) is 35.7 Å². The van der Waals surface area contributed by atoms with E-state index in [0.29, 0.717) is 13.1 Å². The number of amides is 1. The van der Waals surface area contributed by atoms with E-state index >= 15 is 0 Å². The number of hydrogen-bond donors (Lipinski definition) is 0. The number of carbonyl (C=O) groups is 1. The Balaban J connectivity index is 1.52. The van der Waals surface area contributed by atoms with Gasteiger partial charge >= 0.3 is 0 Å². The molecule has 1 N–H and O–H groups in total. The van der Waals surface area contributed by atoms with Crippen LogP contribution >= 0.6 is 0 Å². The van der Waals surface area contributed by atoms with Gasteiger partial charge in [0.2, 0.25) is 0 Å². The van der Waals surface area contributed by atoms with Gasteiger partial charge in [-0.3, -0.25) is 4.79 Å². The van der Waals surface area contributed by atoms with E-state index in [1.807, 2.05) is 66.2 Å². The number of nitrogens with one attached hydrogen (secondary N) is 1. The Kier molecular flexibility index (Phi) is 4.62. The number of piperazine rings is 1. The van der Waals surface area contributed by atoms with Crippen LogP contribution in [0.2, 0.25) is 0 Å². The molecule has 4 rings (SSSR count). The van der Waals surface area contributed by atoms with Gasteiger partial charge in [-0.05, 0) is 26.0 Å². The molecular formula is C21H24N5O+. The normalized spacial score (nSPS) is 14.4. The van der Waals surface area contributed by atoms with E-state index in [1.165, 1.54) is 5.69 Å². The SMILES string of the molecule is Cc1nn(-c2ccccc2)c(C)c1C(=O)N1CCN(c2cc[nH+]cc2)CC1. The van der Waals surface area contributed by atoms with Gasteiger partial charge in [0.05, 0.1) is 22.6 Å². The Bertz CT molecular complexity index is 928. The van der Waals surface area contributed by atoms with Gasteiger partial charge in [0.25, 0.3) is 5.91 Å². The van der Waals surface area contributed by atoms with Gasteiger partial charge in [0, 0.05) is 44.0 Å². The van der Waals surface area contributed by atoms with Crippen LogP contribution in [0.3, 0.4) is 0 Å². The summed E-state index contributed by atoms with van der Waals surface area (Å²) in [6.45, 7) is 6.98. The maximum absolute atomic E-state index is 13.2. The zero-order chi connectivity index (χ0) is 18.8. The summed E-state index contributed by atoms with van der Waals surface area (Å²) in [5.41, 5.74) is 4.56. The molecule has 1 aliphatic heterocycles. The molecule has 1 fully saturated rings. The van der Waals surface area contributed by atoms with Gasteiger partial charge in [-0.1, -0.05) is 18.2 Å². The van der Waals surface area contributed by atoms with Crippen molar-refractivity contribution in [1.82, 2.24) is 14.7 Å². The molecule has 2 aromatic heterocycles. The number of aromatic nitrogens is 3. The molecule has 0 atom stereocenters.